The zero-order valence-corrected chi connectivity index (χ0v) is 12.8. The van der Waals surface area contributed by atoms with Crippen molar-refractivity contribution >= 4 is 17.0 Å². The molecule has 6 heteroatoms. The van der Waals surface area contributed by atoms with Crippen molar-refractivity contribution in [3.05, 3.63) is 12.1 Å². The second kappa shape index (κ2) is 5.44. The van der Waals surface area contributed by atoms with Gasteiger partial charge in [-0.05, 0) is 25.9 Å². The Balaban J connectivity index is 1.99. The van der Waals surface area contributed by atoms with Gasteiger partial charge in [-0.1, -0.05) is 0 Å². The molecule has 0 spiro atoms. The average Bonchev–Trinajstić information content (AvgIpc) is 3.02. The van der Waals surface area contributed by atoms with Crippen LogP contribution < -0.4 is 15.2 Å². The van der Waals surface area contributed by atoms with E-state index in [-0.39, 0.29) is 0 Å². The first kappa shape index (κ1) is 14.0. The molecule has 0 bridgehead atoms. The number of benzene rings is 1. The lowest BCUT2D eigenvalue weighted by molar-refractivity contribution is 0.355. The van der Waals surface area contributed by atoms with Crippen molar-refractivity contribution in [3.63, 3.8) is 0 Å². The van der Waals surface area contributed by atoms with Crippen LogP contribution in [-0.4, -0.2) is 48.8 Å². The molecule has 1 aromatic heterocycles. The summed E-state index contributed by atoms with van der Waals surface area (Å²) in [5.74, 6) is 2.54. The van der Waals surface area contributed by atoms with Crippen LogP contribution in [0.1, 0.15) is 6.42 Å². The fourth-order valence-corrected chi connectivity index (χ4v) is 3.10. The van der Waals surface area contributed by atoms with E-state index in [2.05, 4.69) is 21.5 Å². The van der Waals surface area contributed by atoms with Crippen molar-refractivity contribution in [1.29, 1.82) is 0 Å². The number of aromatic nitrogens is 2. The number of rotatable bonds is 4. The van der Waals surface area contributed by atoms with Crippen molar-refractivity contribution in [2.75, 3.05) is 40.1 Å². The van der Waals surface area contributed by atoms with Gasteiger partial charge in [0.1, 0.15) is 0 Å². The van der Waals surface area contributed by atoms with Crippen molar-refractivity contribution in [2.24, 2.45) is 5.92 Å². The van der Waals surface area contributed by atoms with Gasteiger partial charge in [-0.25, -0.2) is 4.98 Å². The number of likely N-dealkylation sites (tertiary alicyclic amines) is 1. The van der Waals surface area contributed by atoms with E-state index < -0.39 is 0 Å². The van der Waals surface area contributed by atoms with Gasteiger partial charge in [-0.15, -0.1) is 0 Å². The lowest BCUT2D eigenvalue weighted by Gasteiger charge is -2.14. The number of nitrogens with zero attached hydrogens (tertiary/aromatic N) is 3. The van der Waals surface area contributed by atoms with Gasteiger partial charge in [-0.2, -0.15) is 0 Å². The van der Waals surface area contributed by atoms with Crippen LogP contribution in [0.25, 0.3) is 11.0 Å². The van der Waals surface area contributed by atoms with E-state index in [0.717, 1.165) is 30.7 Å². The first-order valence-electron chi connectivity index (χ1n) is 7.18. The highest BCUT2D eigenvalue weighted by Gasteiger charge is 2.22. The predicted molar refractivity (Wildman–Crippen MR) is 82.9 cm³/mol. The first-order valence-corrected chi connectivity index (χ1v) is 7.18. The summed E-state index contributed by atoms with van der Waals surface area (Å²) in [6, 6.07) is 3.83. The second-order valence-electron chi connectivity index (χ2n) is 5.69. The van der Waals surface area contributed by atoms with Crippen molar-refractivity contribution in [3.8, 4) is 11.5 Å². The van der Waals surface area contributed by atoms with Crippen LogP contribution in [0.4, 0.5) is 5.95 Å². The highest BCUT2D eigenvalue weighted by molar-refractivity contribution is 5.82. The van der Waals surface area contributed by atoms with Gasteiger partial charge in [0.25, 0.3) is 0 Å². The Kier molecular flexibility index (Phi) is 3.63. The second-order valence-corrected chi connectivity index (χ2v) is 5.69. The van der Waals surface area contributed by atoms with Crippen molar-refractivity contribution < 1.29 is 9.47 Å². The average molecular weight is 290 g/mol. The molecule has 0 amide bonds. The molecule has 0 radical (unpaired) electrons. The summed E-state index contributed by atoms with van der Waals surface area (Å²) in [6.45, 7) is 3.14. The third-order valence-electron chi connectivity index (χ3n) is 4.21. The number of nitrogens with two attached hydrogens (primary N) is 1. The maximum absolute atomic E-state index is 6.11. The summed E-state index contributed by atoms with van der Waals surface area (Å²) in [4.78, 5) is 6.80. The van der Waals surface area contributed by atoms with Crippen molar-refractivity contribution in [1.82, 2.24) is 14.5 Å². The number of ether oxygens (including phenoxy) is 2. The Bertz CT molecular complexity index is 653. The summed E-state index contributed by atoms with van der Waals surface area (Å²) in [5, 5.41) is 0. The maximum Gasteiger partial charge on any atom is 0.201 e. The molecule has 1 aromatic carbocycles. The van der Waals surface area contributed by atoms with Gasteiger partial charge in [-0.3, -0.25) is 0 Å². The topological polar surface area (TPSA) is 65.5 Å². The normalized spacial score (nSPS) is 19.3. The van der Waals surface area contributed by atoms with Crippen LogP contribution in [0.3, 0.4) is 0 Å². The number of fused-ring (bicyclic) bond motifs is 1. The fraction of sp³-hybridized carbons (Fsp3) is 0.533. The number of methoxy groups -OCH3 is 2. The van der Waals surface area contributed by atoms with Gasteiger partial charge in [0.15, 0.2) is 11.5 Å². The van der Waals surface area contributed by atoms with Crippen LogP contribution in [0.15, 0.2) is 12.1 Å². The Labute approximate surface area is 124 Å². The molecular weight excluding hydrogens is 268 g/mol. The molecular formula is C15H22N4O2. The summed E-state index contributed by atoms with van der Waals surface area (Å²) >= 11 is 0. The number of hydrogen-bond acceptors (Lipinski definition) is 5. The minimum Gasteiger partial charge on any atom is -0.493 e. The molecule has 0 aliphatic carbocycles. The largest absolute Gasteiger partial charge is 0.493 e. The van der Waals surface area contributed by atoms with Crippen LogP contribution in [0, 0.1) is 5.92 Å². The number of hydrogen-bond donors (Lipinski definition) is 1. The molecule has 3 rings (SSSR count). The van der Waals surface area contributed by atoms with Gasteiger partial charge >= 0.3 is 0 Å². The molecule has 1 atom stereocenters. The minimum atomic E-state index is 0.551. The van der Waals surface area contributed by atoms with Gasteiger partial charge < -0.3 is 24.7 Å². The monoisotopic (exact) mass is 290 g/mol. The highest BCUT2D eigenvalue weighted by atomic mass is 16.5. The van der Waals surface area contributed by atoms with Gasteiger partial charge in [0.05, 0.1) is 25.3 Å². The van der Waals surface area contributed by atoms with Crippen LogP contribution in [0.2, 0.25) is 0 Å². The van der Waals surface area contributed by atoms with Gasteiger partial charge in [0, 0.05) is 25.2 Å². The Morgan fingerprint density at radius 1 is 1.29 bits per heavy atom. The van der Waals surface area contributed by atoms with E-state index in [4.69, 9.17) is 15.2 Å². The molecule has 1 aliphatic heterocycles. The lowest BCUT2D eigenvalue weighted by Crippen LogP contribution is -2.17. The van der Waals surface area contributed by atoms with E-state index in [1.54, 1.807) is 14.2 Å². The van der Waals surface area contributed by atoms with E-state index in [1.807, 2.05) is 12.1 Å². The van der Waals surface area contributed by atoms with Gasteiger partial charge in [0.2, 0.25) is 5.95 Å². The third-order valence-corrected chi connectivity index (χ3v) is 4.21. The zero-order chi connectivity index (χ0) is 15.0. The summed E-state index contributed by atoms with van der Waals surface area (Å²) < 4.78 is 12.8. The highest BCUT2D eigenvalue weighted by Crippen LogP contribution is 2.33. The zero-order valence-electron chi connectivity index (χ0n) is 12.8. The molecule has 1 unspecified atom stereocenters. The maximum atomic E-state index is 6.11. The quantitative estimate of drug-likeness (QED) is 0.926. The lowest BCUT2D eigenvalue weighted by atomic mass is 10.1. The van der Waals surface area contributed by atoms with Crippen LogP contribution in [-0.2, 0) is 6.54 Å². The molecule has 2 aromatic rings. The molecule has 2 heterocycles. The molecule has 1 fully saturated rings. The third kappa shape index (κ3) is 2.51. The summed E-state index contributed by atoms with van der Waals surface area (Å²) in [6.07, 6.45) is 1.20. The molecule has 114 valence electrons. The Hall–Kier alpha value is -1.95. The molecule has 2 N–H and O–H groups in total. The molecule has 21 heavy (non-hydrogen) atoms. The molecule has 6 nitrogen and oxygen atoms in total. The predicted octanol–water partition coefficient (Wildman–Crippen LogP) is 1.59. The first-order chi connectivity index (χ1) is 10.1. The molecule has 0 saturated carbocycles. The van der Waals surface area contributed by atoms with E-state index in [0.29, 0.717) is 23.4 Å². The molecule has 1 saturated heterocycles. The smallest absolute Gasteiger partial charge is 0.201 e. The Morgan fingerprint density at radius 2 is 2.00 bits per heavy atom. The fourth-order valence-electron chi connectivity index (χ4n) is 3.10. The minimum absolute atomic E-state index is 0.551. The summed E-state index contributed by atoms with van der Waals surface area (Å²) in [5.41, 5.74) is 7.95. The number of imidazole rings is 1. The summed E-state index contributed by atoms with van der Waals surface area (Å²) in [7, 11) is 5.42. The number of anilines is 1. The van der Waals surface area contributed by atoms with E-state index in [1.165, 1.54) is 6.42 Å². The van der Waals surface area contributed by atoms with E-state index >= 15 is 0 Å². The SMILES string of the molecule is COc1cc2nc(N)n(CC3CCN(C)C3)c2cc1OC. The van der Waals surface area contributed by atoms with Crippen LogP contribution >= 0.6 is 0 Å². The van der Waals surface area contributed by atoms with Crippen LogP contribution in [0.5, 0.6) is 11.5 Å². The number of nitrogen functional groups attached to an aromatic ring is 1. The standard InChI is InChI=1S/C15H22N4O2/c1-18-5-4-10(8-18)9-19-12-7-14(21-3)13(20-2)6-11(12)17-15(19)16/h6-7,10H,4-5,8-9H2,1-3H3,(H2,16,17). The van der Waals surface area contributed by atoms with E-state index in [9.17, 15) is 0 Å². The van der Waals surface area contributed by atoms with Crippen molar-refractivity contribution in [2.45, 2.75) is 13.0 Å². The Morgan fingerprint density at radius 3 is 2.62 bits per heavy atom. The molecule has 1 aliphatic rings.